The molecule has 0 atom stereocenters. The number of hydrogen-bond acceptors (Lipinski definition) is 4. The van der Waals surface area contributed by atoms with E-state index in [1.54, 1.807) is 11.6 Å². The minimum Gasteiger partial charge on any atom is -0.322 e. The highest BCUT2D eigenvalue weighted by Crippen LogP contribution is 2.26. The van der Waals surface area contributed by atoms with Gasteiger partial charge in [0, 0.05) is 30.8 Å². The average molecular weight is 427 g/mol. The number of fused-ring (bicyclic) bond motifs is 1. The Morgan fingerprint density at radius 2 is 2.07 bits per heavy atom. The van der Waals surface area contributed by atoms with Crippen LogP contribution in [-0.4, -0.2) is 30.5 Å². The highest BCUT2D eigenvalue weighted by atomic mass is 35.5. The Bertz CT molecular complexity index is 1070. The monoisotopic (exact) mass is 426 g/mol. The highest BCUT2D eigenvalue weighted by molar-refractivity contribution is 6.33. The summed E-state index contributed by atoms with van der Waals surface area (Å²) in [5.74, 6) is 2.01. The number of nitrogens with one attached hydrogen (secondary N) is 1. The predicted molar refractivity (Wildman–Crippen MR) is 118 cm³/mol. The van der Waals surface area contributed by atoms with E-state index in [1.807, 2.05) is 24.3 Å². The third kappa shape index (κ3) is 4.12. The van der Waals surface area contributed by atoms with Gasteiger partial charge in [-0.05, 0) is 37.8 Å². The van der Waals surface area contributed by atoms with Crippen molar-refractivity contribution in [2.75, 3.05) is 5.32 Å². The molecule has 1 N–H and O–H groups in total. The number of nitrogens with zero attached hydrogens (tertiary/aromatic N) is 5. The number of aromatic nitrogens is 5. The number of carbonyl (C=O) groups excluding carboxylic acids is 1. The molecule has 1 aromatic carbocycles. The van der Waals surface area contributed by atoms with E-state index in [-0.39, 0.29) is 5.91 Å². The van der Waals surface area contributed by atoms with E-state index in [1.165, 1.54) is 6.42 Å². The summed E-state index contributed by atoms with van der Waals surface area (Å²) >= 11 is 6.46. The van der Waals surface area contributed by atoms with Gasteiger partial charge < -0.3 is 9.88 Å². The maximum Gasteiger partial charge on any atom is 0.260 e. The zero-order valence-electron chi connectivity index (χ0n) is 17.7. The Labute approximate surface area is 181 Å². The maximum atomic E-state index is 12.9. The first-order valence-electron chi connectivity index (χ1n) is 10.5. The molecule has 0 unspecified atom stereocenters. The lowest BCUT2D eigenvalue weighted by Gasteiger charge is -2.10. The molecule has 1 aliphatic rings. The summed E-state index contributed by atoms with van der Waals surface area (Å²) in [4.78, 5) is 12.9. The number of aryl methyl sites for hydroxylation is 2. The van der Waals surface area contributed by atoms with E-state index in [0.29, 0.717) is 34.6 Å². The molecule has 30 heavy (non-hydrogen) atoms. The molecule has 158 valence electrons. The van der Waals surface area contributed by atoms with Gasteiger partial charge >= 0.3 is 0 Å². The summed E-state index contributed by atoms with van der Waals surface area (Å²) in [5, 5.41) is 16.6. The topological polar surface area (TPSA) is 77.6 Å². The zero-order chi connectivity index (χ0) is 21.3. The van der Waals surface area contributed by atoms with Gasteiger partial charge in [0.15, 0.2) is 5.82 Å². The lowest BCUT2D eigenvalue weighted by atomic mass is 10.1. The van der Waals surface area contributed by atoms with Gasteiger partial charge in [-0.3, -0.25) is 9.48 Å². The second-order valence-corrected chi connectivity index (χ2v) is 8.62. The summed E-state index contributed by atoms with van der Waals surface area (Å²) in [6.07, 6.45) is 4.45. The fourth-order valence-corrected chi connectivity index (χ4v) is 4.24. The molecule has 4 rings (SSSR count). The smallest absolute Gasteiger partial charge is 0.260 e. The number of carbonyl (C=O) groups is 1. The van der Waals surface area contributed by atoms with E-state index in [0.717, 1.165) is 43.0 Å². The Balaban J connectivity index is 1.58. The molecule has 0 radical (unpaired) electrons. The molecule has 0 bridgehead atoms. The number of hydrogen-bond donors (Lipinski definition) is 1. The Morgan fingerprint density at radius 1 is 1.23 bits per heavy atom. The first-order chi connectivity index (χ1) is 14.4. The number of benzene rings is 1. The number of amides is 1. The van der Waals surface area contributed by atoms with E-state index >= 15 is 0 Å². The Morgan fingerprint density at radius 3 is 2.87 bits per heavy atom. The van der Waals surface area contributed by atoms with Crippen LogP contribution in [0.15, 0.2) is 24.3 Å². The molecule has 0 fully saturated rings. The second-order valence-electron chi connectivity index (χ2n) is 8.26. The van der Waals surface area contributed by atoms with Gasteiger partial charge in [0.05, 0.1) is 11.3 Å². The molecule has 2 aromatic heterocycles. The van der Waals surface area contributed by atoms with E-state index in [4.69, 9.17) is 11.6 Å². The SMILES string of the molecule is Cc1nn(CC(C)C)c(Cl)c1C(=O)Nc1cccc(-c2nnc3n2CCCCC3)c1. The summed E-state index contributed by atoms with van der Waals surface area (Å²) in [5.41, 5.74) is 2.67. The minimum absolute atomic E-state index is 0.260. The first-order valence-corrected chi connectivity index (χ1v) is 10.9. The largest absolute Gasteiger partial charge is 0.322 e. The van der Waals surface area contributed by atoms with Gasteiger partial charge in [0.2, 0.25) is 0 Å². The normalized spacial score (nSPS) is 13.9. The van der Waals surface area contributed by atoms with Crippen LogP contribution in [-0.2, 0) is 19.5 Å². The van der Waals surface area contributed by atoms with Crippen molar-refractivity contribution < 1.29 is 4.79 Å². The molecular weight excluding hydrogens is 400 g/mol. The van der Waals surface area contributed by atoms with Crippen molar-refractivity contribution in [1.82, 2.24) is 24.5 Å². The van der Waals surface area contributed by atoms with Crippen LogP contribution in [0.4, 0.5) is 5.69 Å². The fourth-order valence-electron chi connectivity index (χ4n) is 3.91. The van der Waals surface area contributed by atoms with Crippen LogP contribution in [0.1, 0.15) is 55.0 Å². The van der Waals surface area contributed by atoms with Crippen LogP contribution in [0.25, 0.3) is 11.4 Å². The van der Waals surface area contributed by atoms with E-state index in [2.05, 4.69) is 39.0 Å². The summed E-state index contributed by atoms with van der Waals surface area (Å²) in [6, 6.07) is 7.71. The van der Waals surface area contributed by atoms with Gasteiger partial charge in [0.1, 0.15) is 11.0 Å². The standard InChI is InChI=1S/C22H27ClN6O/c1-14(2)13-29-20(23)19(15(3)27-29)22(30)24-17-9-7-8-16(12-17)21-26-25-18-10-5-4-6-11-28(18)21/h7-9,12,14H,4-6,10-11,13H2,1-3H3,(H,24,30). The molecule has 1 aliphatic heterocycles. The van der Waals surface area contributed by atoms with Crippen molar-refractivity contribution >= 4 is 23.2 Å². The van der Waals surface area contributed by atoms with Crippen molar-refractivity contribution in [3.05, 3.63) is 46.5 Å². The van der Waals surface area contributed by atoms with Crippen molar-refractivity contribution in [1.29, 1.82) is 0 Å². The predicted octanol–water partition coefficient (Wildman–Crippen LogP) is 4.74. The van der Waals surface area contributed by atoms with Crippen LogP contribution in [0.5, 0.6) is 0 Å². The first kappa shape index (κ1) is 20.6. The molecule has 0 saturated carbocycles. The summed E-state index contributed by atoms with van der Waals surface area (Å²) < 4.78 is 3.89. The van der Waals surface area contributed by atoms with Crippen LogP contribution >= 0.6 is 11.6 Å². The molecular formula is C22H27ClN6O. The van der Waals surface area contributed by atoms with E-state index < -0.39 is 0 Å². The van der Waals surface area contributed by atoms with Crippen LogP contribution in [0.2, 0.25) is 5.15 Å². The minimum atomic E-state index is -0.260. The van der Waals surface area contributed by atoms with Crippen LogP contribution in [0, 0.1) is 12.8 Å². The average Bonchev–Trinajstić information content (AvgIpc) is 3.12. The third-order valence-electron chi connectivity index (χ3n) is 5.32. The number of anilines is 1. The quantitative estimate of drug-likeness (QED) is 0.639. The molecule has 1 amide bonds. The maximum absolute atomic E-state index is 12.9. The molecule has 0 spiro atoms. The Hall–Kier alpha value is -2.67. The van der Waals surface area contributed by atoms with Gasteiger partial charge in [-0.25, -0.2) is 0 Å². The molecule has 3 aromatic rings. The second kappa shape index (κ2) is 8.60. The van der Waals surface area contributed by atoms with Crippen molar-refractivity contribution in [3.8, 4) is 11.4 Å². The lowest BCUT2D eigenvalue weighted by molar-refractivity contribution is 0.102. The van der Waals surface area contributed by atoms with Gasteiger partial charge in [0.25, 0.3) is 5.91 Å². The van der Waals surface area contributed by atoms with Gasteiger partial charge in [-0.1, -0.05) is 44.0 Å². The fraction of sp³-hybridized carbons (Fsp3) is 0.455. The van der Waals surface area contributed by atoms with Crippen molar-refractivity contribution in [3.63, 3.8) is 0 Å². The summed E-state index contributed by atoms with van der Waals surface area (Å²) in [7, 11) is 0. The van der Waals surface area contributed by atoms with Crippen molar-refractivity contribution in [2.24, 2.45) is 5.92 Å². The summed E-state index contributed by atoms with van der Waals surface area (Å²) in [6.45, 7) is 7.57. The highest BCUT2D eigenvalue weighted by Gasteiger charge is 2.21. The van der Waals surface area contributed by atoms with E-state index in [9.17, 15) is 4.79 Å². The zero-order valence-corrected chi connectivity index (χ0v) is 18.4. The van der Waals surface area contributed by atoms with Crippen LogP contribution < -0.4 is 5.32 Å². The molecule has 0 aliphatic carbocycles. The number of rotatable bonds is 5. The molecule has 8 heteroatoms. The molecule has 3 heterocycles. The molecule has 0 saturated heterocycles. The lowest BCUT2D eigenvalue weighted by Crippen LogP contribution is -2.13. The molecule has 7 nitrogen and oxygen atoms in total. The Kier molecular flexibility index (Phi) is 5.90. The van der Waals surface area contributed by atoms with Gasteiger partial charge in [-0.15, -0.1) is 10.2 Å². The van der Waals surface area contributed by atoms with Crippen molar-refractivity contribution in [2.45, 2.75) is 59.5 Å². The number of halogens is 1. The third-order valence-corrected chi connectivity index (χ3v) is 5.70. The van der Waals surface area contributed by atoms with Gasteiger partial charge in [-0.2, -0.15) is 5.10 Å². The van der Waals surface area contributed by atoms with Crippen LogP contribution in [0.3, 0.4) is 0 Å².